The molecule has 22 heavy (non-hydrogen) atoms. The summed E-state index contributed by atoms with van der Waals surface area (Å²) in [5.74, 6) is 1.40. The van der Waals surface area contributed by atoms with Crippen LogP contribution in [0.4, 0.5) is 11.6 Å². The Morgan fingerprint density at radius 1 is 1.18 bits per heavy atom. The molecule has 2 rings (SSSR count). The highest BCUT2D eigenvalue weighted by Crippen LogP contribution is 2.16. The first-order valence-corrected chi connectivity index (χ1v) is 6.82. The maximum atomic E-state index is 11.8. The Kier molecular flexibility index (Phi) is 4.95. The molecule has 8 nitrogen and oxygen atoms in total. The lowest BCUT2D eigenvalue weighted by Crippen LogP contribution is -2.25. The number of carbonyl (C=O) groups excluding carboxylic acids is 1. The van der Waals surface area contributed by atoms with Crippen LogP contribution in [0.3, 0.4) is 0 Å². The maximum absolute atomic E-state index is 11.8. The standard InChI is InChI=1S/C14H18N6O2/c1-5-10-7-12(18-19-13(10)14(21)20-22-4)17-11-6-8(2)15-9(3)16-11/h6-7H,5H2,1-4H3,(H,20,21)(H,15,16,17,18). The van der Waals surface area contributed by atoms with Gasteiger partial charge in [0.25, 0.3) is 5.91 Å². The molecule has 0 bridgehead atoms. The minimum atomic E-state index is -0.424. The zero-order valence-corrected chi connectivity index (χ0v) is 13.0. The maximum Gasteiger partial charge on any atom is 0.295 e. The van der Waals surface area contributed by atoms with Gasteiger partial charge in [-0.05, 0) is 31.9 Å². The Labute approximate surface area is 128 Å². The van der Waals surface area contributed by atoms with E-state index in [-0.39, 0.29) is 5.69 Å². The smallest absolute Gasteiger partial charge is 0.295 e. The number of hydroxylamine groups is 1. The molecule has 0 unspecified atom stereocenters. The van der Waals surface area contributed by atoms with Gasteiger partial charge in [0, 0.05) is 11.8 Å². The SMILES string of the molecule is CCc1cc(Nc2cc(C)nc(C)n2)nnc1C(=O)NOC. The molecule has 0 spiro atoms. The lowest BCUT2D eigenvalue weighted by molar-refractivity contribution is 0.0530. The fourth-order valence-corrected chi connectivity index (χ4v) is 2.01. The summed E-state index contributed by atoms with van der Waals surface area (Å²) in [5, 5.41) is 11.0. The number of aryl methyl sites for hydroxylation is 3. The first-order valence-electron chi connectivity index (χ1n) is 6.82. The van der Waals surface area contributed by atoms with Gasteiger partial charge in [-0.1, -0.05) is 6.92 Å². The van der Waals surface area contributed by atoms with Gasteiger partial charge in [0.1, 0.15) is 11.6 Å². The van der Waals surface area contributed by atoms with E-state index in [4.69, 9.17) is 0 Å². The van der Waals surface area contributed by atoms with Crippen LogP contribution in [-0.4, -0.2) is 33.2 Å². The topological polar surface area (TPSA) is 102 Å². The van der Waals surface area contributed by atoms with Crippen LogP contribution < -0.4 is 10.8 Å². The number of nitrogens with zero attached hydrogens (tertiary/aromatic N) is 4. The van der Waals surface area contributed by atoms with Crippen LogP contribution in [-0.2, 0) is 11.3 Å². The van der Waals surface area contributed by atoms with E-state index in [9.17, 15) is 4.79 Å². The Balaban J connectivity index is 2.27. The van der Waals surface area contributed by atoms with Crippen LogP contribution in [0.15, 0.2) is 12.1 Å². The predicted octanol–water partition coefficient (Wildman–Crippen LogP) is 1.48. The summed E-state index contributed by atoms with van der Waals surface area (Å²) >= 11 is 0. The van der Waals surface area contributed by atoms with E-state index in [1.165, 1.54) is 7.11 Å². The summed E-state index contributed by atoms with van der Waals surface area (Å²) < 4.78 is 0. The molecule has 0 aromatic carbocycles. The van der Waals surface area contributed by atoms with Gasteiger partial charge >= 0.3 is 0 Å². The molecule has 0 aliphatic heterocycles. The van der Waals surface area contributed by atoms with Crippen molar-refractivity contribution in [2.45, 2.75) is 27.2 Å². The van der Waals surface area contributed by atoms with Gasteiger partial charge in [-0.2, -0.15) is 0 Å². The quantitative estimate of drug-likeness (QED) is 0.806. The highest BCUT2D eigenvalue weighted by Gasteiger charge is 2.14. The lowest BCUT2D eigenvalue weighted by Gasteiger charge is -2.09. The molecule has 0 saturated heterocycles. The number of aromatic nitrogens is 4. The number of nitrogens with one attached hydrogen (secondary N) is 2. The zero-order chi connectivity index (χ0) is 16.1. The van der Waals surface area contributed by atoms with Crippen LogP contribution in [0.25, 0.3) is 0 Å². The van der Waals surface area contributed by atoms with Gasteiger partial charge in [-0.3, -0.25) is 9.63 Å². The van der Waals surface area contributed by atoms with Crippen LogP contribution in [0.5, 0.6) is 0 Å². The first-order chi connectivity index (χ1) is 10.5. The Bertz CT molecular complexity index is 669. The minimum Gasteiger partial charge on any atom is -0.323 e. The van der Waals surface area contributed by atoms with Gasteiger partial charge in [0.05, 0.1) is 7.11 Å². The third kappa shape index (κ3) is 3.73. The highest BCUT2D eigenvalue weighted by molar-refractivity contribution is 5.93. The molecule has 2 aromatic rings. The van der Waals surface area contributed by atoms with E-state index in [2.05, 4.69) is 35.8 Å². The number of hydrogen-bond acceptors (Lipinski definition) is 7. The molecule has 1 amide bonds. The van der Waals surface area contributed by atoms with Gasteiger partial charge < -0.3 is 5.32 Å². The molecule has 2 N–H and O–H groups in total. The van der Waals surface area contributed by atoms with Crippen molar-refractivity contribution in [2.75, 3.05) is 12.4 Å². The third-order valence-corrected chi connectivity index (χ3v) is 2.89. The van der Waals surface area contributed by atoms with Crippen LogP contribution >= 0.6 is 0 Å². The molecule has 2 aromatic heterocycles. The third-order valence-electron chi connectivity index (χ3n) is 2.89. The molecule has 2 heterocycles. The largest absolute Gasteiger partial charge is 0.323 e. The van der Waals surface area contributed by atoms with Crippen LogP contribution in [0.1, 0.15) is 34.5 Å². The predicted molar refractivity (Wildman–Crippen MR) is 80.7 cm³/mol. The second-order valence-electron chi connectivity index (χ2n) is 4.66. The first kappa shape index (κ1) is 15.8. The molecule has 0 radical (unpaired) electrons. The molecule has 0 aliphatic rings. The number of anilines is 2. The highest BCUT2D eigenvalue weighted by atomic mass is 16.6. The Morgan fingerprint density at radius 3 is 2.59 bits per heavy atom. The van der Waals surface area contributed by atoms with Crippen molar-refractivity contribution < 1.29 is 9.63 Å². The van der Waals surface area contributed by atoms with Crippen molar-refractivity contribution in [2.24, 2.45) is 0 Å². The summed E-state index contributed by atoms with van der Waals surface area (Å²) in [6.07, 6.45) is 0.637. The molecule has 0 atom stereocenters. The normalized spacial score (nSPS) is 10.4. The number of amides is 1. The van der Waals surface area contributed by atoms with E-state index < -0.39 is 5.91 Å². The number of hydrogen-bond donors (Lipinski definition) is 2. The number of carbonyl (C=O) groups is 1. The van der Waals surface area contributed by atoms with E-state index >= 15 is 0 Å². The summed E-state index contributed by atoms with van der Waals surface area (Å²) in [7, 11) is 1.37. The summed E-state index contributed by atoms with van der Waals surface area (Å²) in [6.45, 7) is 5.64. The van der Waals surface area contributed by atoms with Crippen molar-refractivity contribution in [3.05, 3.63) is 34.9 Å². The summed E-state index contributed by atoms with van der Waals surface area (Å²) in [4.78, 5) is 24.9. The summed E-state index contributed by atoms with van der Waals surface area (Å²) in [6, 6.07) is 3.58. The van der Waals surface area contributed by atoms with Gasteiger partial charge in [0.2, 0.25) is 0 Å². The molecular weight excluding hydrogens is 284 g/mol. The Hall–Kier alpha value is -2.61. The van der Waals surface area contributed by atoms with E-state index in [0.29, 0.717) is 23.9 Å². The molecule has 116 valence electrons. The van der Waals surface area contributed by atoms with Crippen LogP contribution in [0, 0.1) is 13.8 Å². The molecular formula is C14H18N6O2. The molecule has 0 aliphatic carbocycles. The van der Waals surface area contributed by atoms with Crippen molar-refractivity contribution in [1.29, 1.82) is 0 Å². The fraction of sp³-hybridized carbons (Fsp3) is 0.357. The van der Waals surface area contributed by atoms with Crippen molar-refractivity contribution in [3.63, 3.8) is 0 Å². The average molecular weight is 302 g/mol. The second kappa shape index (κ2) is 6.90. The van der Waals surface area contributed by atoms with E-state index in [0.717, 1.165) is 11.3 Å². The van der Waals surface area contributed by atoms with E-state index in [1.54, 1.807) is 6.07 Å². The minimum absolute atomic E-state index is 0.241. The van der Waals surface area contributed by atoms with Gasteiger partial charge in [-0.25, -0.2) is 15.4 Å². The van der Waals surface area contributed by atoms with E-state index in [1.807, 2.05) is 26.8 Å². The molecule has 0 fully saturated rings. The Morgan fingerprint density at radius 2 is 1.95 bits per heavy atom. The number of rotatable bonds is 5. The van der Waals surface area contributed by atoms with Gasteiger partial charge in [0.15, 0.2) is 11.5 Å². The molecule has 8 heteroatoms. The zero-order valence-electron chi connectivity index (χ0n) is 13.0. The monoisotopic (exact) mass is 302 g/mol. The lowest BCUT2D eigenvalue weighted by atomic mass is 10.1. The fourth-order valence-electron chi connectivity index (χ4n) is 2.01. The molecule has 0 saturated carbocycles. The van der Waals surface area contributed by atoms with Crippen LogP contribution in [0.2, 0.25) is 0 Å². The van der Waals surface area contributed by atoms with Crippen molar-refractivity contribution >= 4 is 17.5 Å². The summed E-state index contributed by atoms with van der Waals surface area (Å²) in [5.41, 5.74) is 4.09. The average Bonchev–Trinajstić information content (AvgIpc) is 2.46. The van der Waals surface area contributed by atoms with Crippen molar-refractivity contribution in [3.8, 4) is 0 Å². The second-order valence-corrected chi connectivity index (χ2v) is 4.66. The van der Waals surface area contributed by atoms with Crippen molar-refractivity contribution in [1.82, 2.24) is 25.6 Å². The van der Waals surface area contributed by atoms with Gasteiger partial charge in [-0.15, -0.1) is 10.2 Å².